The predicted molar refractivity (Wildman–Crippen MR) is 84.9 cm³/mol. The van der Waals surface area contributed by atoms with E-state index in [1.54, 1.807) is 12.1 Å². The molecule has 0 saturated carbocycles. The molecule has 2 aromatic carbocycles. The second-order valence-electron chi connectivity index (χ2n) is 4.46. The molecule has 4 heteroatoms. The quantitative estimate of drug-likeness (QED) is 0.672. The summed E-state index contributed by atoms with van der Waals surface area (Å²) in [7, 11) is 0. The van der Waals surface area contributed by atoms with E-state index in [0.717, 1.165) is 16.6 Å². The molecule has 3 nitrogen and oxygen atoms in total. The van der Waals surface area contributed by atoms with Crippen LogP contribution in [0, 0.1) is 0 Å². The van der Waals surface area contributed by atoms with Crippen LogP contribution in [0.25, 0.3) is 0 Å². The van der Waals surface area contributed by atoms with Gasteiger partial charge in [-0.2, -0.15) is 5.10 Å². The Balaban J connectivity index is 1.96. The van der Waals surface area contributed by atoms with Crippen LogP contribution in [0.15, 0.2) is 64.2 Å². The Labute approximate surface area is 126 Å². The topological polar surface area (TPSA) is 41.5 Å². The molecule has 0 saturated heterocycles. The number of hydrogen-bond donors (Lipinski definition) is 1. The van der Waals surface area contributed by atoms with Gasteiger partial charge in [-0.3, -0.25) is 4.79 Å². The van der Waals surface area contributed by atoms with Gasteiger partial charge in [0, 0.05) is 22.2 Å². The maximum absolute atomic E-state index is 11.9. The van der Waals surface area contributed by atoms with E-state index < -0.39 is 0 Å². The highest BCUT2D eigenvalue weighted by Gasteiger charge is 2.04. The highest BCUT2D eigenvalue weighted by molar-refractivity contribution is 9.10. The highest BCUT2D eigenvalue weighted by Crippen LogP contribution is 2.11. The minimum Gasteiger partial charge on any atom is -0.267 e. The van der Waals surface area contributed by atoms with Crippen LogP contribution < -0.4 is 5.43 Å². The summed E-state index contributed by atoms with van der Waals surface area (Å²) in [5.74, 6) is -0.210. The second-order valence-corrected chi connectivity index (χ2v) is 5.38. The van der Waals surface area contributed by atoms with E-state index in [1.165, 1.54) is 5.56 Å². The lowest BCUT2D eigenvalue weighted by molar-refractivity contribution is 0.0954. The van der Waals surface area contributed by atoms with Gasteiger partial charge in [0.15, 0.2) is 0 Å². The lowest BCUT2D eigenvalue weighted by atomic mass is 10.1. The average Bonchev–Trinajstić information content (AvgIpc) is 2.46. The number of rotatable bonds is 4. The van der Waals surface area contributed by atoms with Crippen molar-refractivity contribution in [1.29, 1.82) is 0 Å². The number of benzene rings is 2. The van der Waals surface area contributed by atoms with Crippen LogP contribution in [-0.4, -0.2) is 11.6 Å². The Morgan fingerprint density at radius 3 is 2.60 bits per heavy atom. The van der Waals surface area contributed by atoms with Crippen LogP contribution >= 0.6 is 15.9 Å². The summed E-state index contributed by atoms with van der Waals surface area (Å²) in [4.78, 5) is 11.9. The summed E-state index contributed by atoms with van der Waals surface area (Å²) >= 11 is 3.34. The maximum Gasteiger partial charge on any atom is 0.271 e. The van der Waals surface area contributed by atoms with Crippen molar-refractivity contribution in [2.24, 2.45) is 5.10 Å². The van der Waals surface area contributed by atoms with Gasteiger partial charge in [-0.05, 0) is 30.7 Å². The van der Waals surface area contributed by atoms with Crippen LogP contribution in [-0.2, 0) is 6.42 Å². The summed E-state index contributed by atoms with van der Waals surface area (Å²) in [5, 5.41) is 4.13. The molecule has 0 radical (unpaired) electrons. The van der Waals surface area contributed by atoms with Gasteiger partial charge in [0.1, 0.15) is 0 Å². The summed E-state index contributed by atoms with van der Waals surface area (Å²) < 4.78 is 0.870. The monoisotopic (exact) mass is 330 g/mol. The Kier molecular flexibility index (Phi) is 5.07. The first kappa shape index (κ1) is 14.5. The number of carbonyl (C=O) groups is 1. The van der Waals surface area contributed by atoms with Gasteiger partial charge >= 0.3 is 0 Å². The van der Waals surface area contributed by atoms with Gasteiger partial charge in [-0.1, -0.05) is 52.3 Å². The third-order valence-corrected chi connectivity index (χ3v) is 3.23. The first-order chi connectivity index (χ1) is 9.65. The molecule has 0 heterocycles. The van der Waals surface area contributed by atoms with Crippen molar-refractivity contribution in [2.75, 3.05) is 0 Å². The molecule has 0 aliphatic carbocycles. The minimum absolute atomic E-state index is 0.210. The second kappa shape index (κ2) is 7.01. The third kappa shape index (κ3) is 4.31. The van der Waals surface area contributed by atoms with Crippen molar-refractivity contribution in [3.63, 3.8) is 0 Å². The molecule has 0 fully saturated rings. The fourth-order valence-electron chi connectivity index (χ4n) is 1.77. The zero-order valence-corrected chi connectivity index (χ0v) is 12.7. The summed E-state index contributed by atoms with van der Waals surface area (Å²) in [6.45, 7) is 1.90. The average molecular weight is 331 g/mol. The van der Waals surface area contributed by atoms with Crippen LogP contribution in [0.1, 0.15) is 22.8 Å². The smallest absolute Gasteiger partial charge is 0.267 e. The molecule has 1 N–H and O–H groups in total. The number of nitrogens with zero attached hydrogens (tertiary/aromatic N) is 1. The van der Waals surface area contributed by atoms with Crippen molar-refractivity contribution in [3.05, 3.63) is 70.2 Å². The van der Waals surface area contributed by atoms with Crippen molar-refractivity contribution in [2.45, 2.75) is 13.3 Å². The molecule has 0 aliphatic rings. The maximum atomic E-state index is 11.9. The van der Waals surface area contributed by atoms with Gasteiger partial charge in [0.25, 0.3) is 5.91 Å². The van der Waals surface area contributed by atoms with Crippen molar-refractivity contribution in [1.82, 2.24) is 5.43 Å². The fourth-order valence-corrected chi connectivity index (χ4v) is 2.17. The number of hydrogen-bond acceptors (Lipinski definition) is 2. The molecule has 20 heavy (non-hydrogen) atoms. The number of carbonyl (C=O) groups excluding carboxylic acids is 1. The van der Waals surface area contributed by atoms with Crippen LogP contribution in [0.2, 0.25) is 0 Å². The van der Waals surface area contributed by atoms with E-state index in [4.69, 9.17) is 0 Å². The van der Waals surface area contributed by atoms with Gasteiger partial charge in [0.05, 0.1) is 0 Å². The Morgan fingerprint density at radius 2 is 1.90 bits per heavy atom. The molecule has 0 unspecified atom stereocenters. The molecule has 0 aromatic heterocycles. The highest BCUT2D eigenvalue weighted by atomic mass is 79.9. The molecule has 0 bridgehead atoms. The molecule has 1 amide bonds. The van der Waals surface area contributed by atoms with Crippen molar-refractivity contribution in [3.8, 4) is 0 Å². The Bertz CT molecular complexity index is 623. The van der Waals surface area contributed by atoms with Crippen LogP contribution in [0.4, 0.5) is 0 Å². The lowest BCUT2D eigenvalue weighted by Gasteiger charge is -2.03. The number of halogens is 1. The zero-order valence-electron chi connectivity index (χ0n) is 11.1. The number of amides is 1. The Morgan fingerprint density at radius 1 is 1.15 bits per heavy atom. The van der Waals surface area contributed by atoms with Gasteiger partial charge < -0.3 is 0 Å². The van der Waals surface area contributed by atoms with Crippen molar-refractivity contribution >= 4 is 27.5 Å². The normalized spacial score (nSPS) is 11.2. The third-order valence-electron chi connectivity index (χ3n) is 2.74. The molecule has 2 rings (SSSR count). The summed E-state index contributed by atoms with van der Waals surface area (Å²) in [5.41, 5.74) is 5.19. The first-order valence-electron chi connectivity index (χ1n) is 6.28. The Hall–Kier alpha value is -1.94. The van der Waals surface area contributed by atoms with E-state index in [1.807, 2.05) is 49.4 Å². The zero-order chi connectivity index (χ0) is 14.4. The SMILES string of the molecule is C/C(Cc1ccccc1)=N/NC(=O)c1cccc(Br)c1. The lowest BCUT2D eigenvalue weighted by Crippen LogP contribution is -2.19. The standard InChI is InChI=1S/C16H15BrN2O/c1-12(10-13-6-3-2-4-7-13)18-19-16(20)14-8-5-9-15(17)11-14/h2-9,11H,10H2,1H3,(H,19,20)/b18-12-. The first-order valence-corrected chi connectivity index (χ1v) is 7.07. The van der Waals surface area contributed by atoms with E-state index >= 15 is 0 Å². The molecule has 102 valence electrons. The molecule has 0 atom stereocenters. The van der Waals surface area contributed by atoms with Gasteiger partial charge in [0.2, 0.25) is 0 Å². The van der Waals surface area contributed by atoms with Gasteiger partial charge in [-0.15, -0.1) is 0 Å². The van der Waals surface area contributed by atoms with E-state index in [2.05, 4.69) is 26.5 Å². The largest absolute Gasteiger partial charge is 0.271 e. The molecule has 0 aliphatic heterocycles. The predicted octanol–water partition coefficient (Wildman–Crippen LogP) is 3.80. The van der Waals surface area contributed by atoms with E-state index in [-0.39, 0.29) is 5.91 Å². The van der Waals surface area contributed by atoms with E-state index in [0.29, 0.717) is 5.56 Å². The van der Waals surface area contributed by atoms with Crippen LogP contribution in [0.5, 0.6) is 0 Å². The fraction of sp³-hybridized carbons (Fsp3) is 0.125. The number of hydrazone groups is 1. The van der Waals surface area contributed by atoms with Gasteiger partial charge in [-0.25, -0.2) is 5.43 Å². The summed E-state index contributed by atoms with van der Waals surface area (Å²) in [6.07, 6.45) is 0.722. The summed E-state index contributed by atoms with van der Waals surface area (Å²) in [6, 6.07) is 17.2. The van der Waals surface area contributed by atoms with Crippen LogP contribution in [0.3, 0.4) is 0 Å². The minimum atomic E-state index is -0.210. The molecule has 0 spiro atoms. The number of nitrogens with one attached hydrogen (secondary N) is 1. The molecular formula is C16H15BrN2O. The van der Waals surface area contributed by atoms with Crippen molar-refractivity contribution < 1.29 is 4.79 Å². The molecule has 2 aromatic rings. The van der Waals surface area contributed by atoms with E-state index in [9.17, 15) is 4.79 Å². The molecular weight excluding hydrogens is 316 g/mol.